The fourth-order valence-corrected chi connectivity index (χ4v) is 5.40. The third-order valence-electron chi connectivity index (χ3n) is 1.82. The molecular formula is C9H13NO2Sn. The molecule has 0 radical (unpaired) electrons. The summed E-state index contributed by atoms with van der Waals surface area (Å²) in [6, 6.07) is 3.70. The molecule has 0 amide bonds. The Labute approximate surface area is 81.7 Å². The van der Waals surface area contributed by atoms with E-state index in [1.807, 2.05) is 12.1 Å². The summed E-state index contributed by atoms with van der Waals surface area (Å²) in [4.78, 5) is 21.3. The Balaban J connectivity index is 3.28. The van der Waals surface area contributed by atoms with E-state index in [1.54, 1.807) is 0 Å². The molecule has 0 aliphatic heterocycles. The molecular weight excluding hydrogens is 273 g/mol. The van der Waals surface area contributed by atoms with Crippen molar-refractivity contribution in [1.82, 2.24) is 4.98 Å². The topological polar surface area (TPSA) is 50.2 Å². The number of carboxylic acid groups (broad SMARTS) is 1. The van der Waals surface area contributed by atoms with Crippen LogP contribution >= 0.6 is 0 Å². The van der Waals surface area contributed by atoms with Crippen molar-refractivity contribution in [3.05, 3.63) is 24.0 Å². The molecule has 0 fully saturated rings. The fourth-order valence-electron chi connectivity index (χ4n) is 1.18. The summed E-state index contributed by atoms with van der Waals surface area (Å²) in [5.74, 6) is -0.915. The van der Waals surface area contributed by atoms with Crippen LogP contribution in [0.25, 0.3) is 0 Å². The van der Waals surface area contributed by atoms with E-state index in [0.29, 0.717) is 0 Å². The normalized spacial score (nSPS) is 11.3. The van der Waals surface area contributed by atoms with Crippen molar-refractivity contribution >= 4 is 27.9 Å². The van der Waals surface area contributed by atoms with Crippen molar-refractivity contribution in [2.75, 3.05) is 0 Å². The van der Waals surface area contributed by atoms with E-state index in [1.165, 1.54) is 6.20 Å². The molecule has 1 aromatic heterocycles. The van der Waals surface area contributed by atoms with Crippen LogP contribution in [0.5, 0.6) is 0 Å². The van der Waals surface area contributed by atoms with Crippen LogP contribution in [0.2, 0.25) is 14.8 Å². The first-order chi connectivity index (χ1) is 5.93. The molecule has 1 rings (SSSR count). The van der Waals surface area contributed by atoms with Crippen LogP contribution in [0, 0.1) is 0 Å². The third-order valence-corrected chi connectivity index (χ3v) is 7.58. The summed E-state index contributed by atoms with van der Waals surface area (Å²) in [6.07, 6.45) is 1.53. The molecule has 0 spiro atoms. The van der Waals surface area contributed by atoms with Gasteiger partial charge in [-0.05, 0) is 0 Å². The van der Waals surface area contributed by atoms with E-state index in [-0.39, 0.29) is 5.69 Å². The average molecular weight is 286 g/mol. The second kappa shape index (κ2) is 3.65. The maximum absolute atomic E-state index is 10.8. The number of carbonyl (C=O) groups is 1. The standard InChI is InChI=1S/C6H4NO2.3CH3.Sn/c8-6(9)5-3-1-2-4-7-5;;;;/h1-2,4H,(H,8,9);3*1H3;. The summed E-state index contributed by atoms with van der Waals surface area (Å²) < 4.78 is 0.976. The number of aromatic nitrogens is 1. The first-order valence-corrected chi connectivity index (χ1v) is 14.1. The van der Waals surface area contributed by atoms with Gasteiger partial charge in [-0.15, -0.1) is 0 Å². The zero-order chi connectivity index (χ0) is 10.1. The predicted octanol–water partition coefficient (Wildman–Crippen LogP) is 1.32. The molecule has 0 unspecified atom stereocenters. The van der Waals surface area contributed by atoms with Gasteiger partial charge >= 0.3 is 81.7 Å². The molecule has 1 aromatic rings. The van der Waals surface area contributed by atoms with Crippen LogP contribution in [0.3, 0.4) is 0 Å². The van der Waals surface area contributed by atoms with Gasteiger partial charge in [0.05, 0.1) is 0 Å². The molecule has 1 heterocycles. The molecule has 0 aliphatic rings. The van der Waals surface area contributed by atoms with E-state index in [9.17, 15) is 4.79 Å². The zero-order valence-corrected chi connectivity index (χ0v) is 10.9. The van der Waals surface area contributed by atoms with Crippen molar-refractivity contribution in [2.24, 2.45) is 0 Å². The molecule has 0 aromatic carbocycles. The third kappa shape index (κ3) is 2.43. The van der Waals surface area contributed by atoms with Gasteiger partial charge in [0.15, 0.2) is 0 Å². The van der Waals surface area contributed by atoms with Gasteiger partial charge in [-0.1, -0.05) is 0 Å². The minimum atomic E-state index is -2.30. The SMILES string of the molecule is [CH3][Sn]([CH3])([CH3])[c]1cccnc1C(=O)O. The number of carboxylic acids is 1. The van der Waals surface area contributed by atoms with Crippen LogP contribution < -0.4 is 3.58 Å². The van der Waals surface area contributed by atoms with Crippen LogP contribution in [-0.4, -0.2) is 34.4 Å². The fraction of sp³-hybridized carbons (Fsp3) is 0.333. The number of nitrogens with zero attached hydrogens (tertiary/aromatic N) is 1. The summed E-state index contributed by atoms with van der Waals surface area (Å²) in [6.45, 7) is 0. The van der Waals surface area contributed by atoms with E-state index in [4.69, 9.17) is 5.11 Å². The van der Waals surface area contributed by atoms with Crippen molar-refractivity contribution in [2.45, 2.75) is 14.8 Å². The molecule has 0 saturated carbocycles. The first kappa shape index (κ1) is 10.5. The molecule has 0 aliphatic carbocycles. The van der Waals surface area contributed by atoms with Crippen molar-refractivity contribution in [3.63, 3.8) is 0 Å². The number of hydrogen-bond acceptors (Lipinski definition) is 2. The van der Waals surface area contributed by atoms with Gasteiger partial charge in [0.25, 0.3) is 0 Å². The van der Waals surface area contributed by atoms with E-state index >= 15 is 0 Å². The molecule has 3 nitrogen and oxygen atoms in total. The molecule has 0 saturated heterocycles. The second-order valence-corrected chi connectivity index (χ2v) is 18.3. The van der Waals surface area contributed by atoms with Crippen LogP contribution in [0.4, 0.5) is 0 Å². The van der Waals surface area contributed by atoms with Gasteiger partial charge in [0.2, 0.25) is 0 Å². The summed E-state index contributed by atoms with van der Waals surface area (Å²) >= 11 is -2.30. The molecule has 0 bridgehead atoms. The molecule has 0 atom stereocenters. The number of aromatic carboxylic acids is 1. The van der Waals surface area contributed by atoms with E-state index in [0.717, 1.165) is 3.58 Å². The van der Waals surface area contributed by atoms with Gasteiger partial charge < -0.3 is 0 Å². The summed E-state index contributed by atoms with van der Waals surface area (Å²) in [7, 11) is 0. The second-order valence-electron chi connectivity index (χ2n) is 3.95. The van der Waals surface area contributed by atoms with Crippen LogP contribution in [0.15, 0.2) is 18.3 Å². The number of rotatable bonds is 2. The Bertz CT molecular complexity index is 331. The predicted molar refractivity (Wildman–Crippen MR) is 54.2 cm³/mol. The Kier molecular flexibility index (Phi) is 2.95. The summed E-state index contributed by atoms with van der Waals surface area (Å²) in [5, 5.41) is 8.90. The Hall–Kier alpha value is -0.581. The van der Waals surface area contributed by atoms with E-state index < -0.39 is 24.3 Å². The number of hydrogen-bond donors (Lipinski definition) is 1. The molecule has 13 heavy (non-hydrogen) atoms. The van der Waals surface area contributed by atoms with E-state index in [2.05, 4.69) is 19.8 Å². The summed E-state index contributed by atoms with van der Waals surface area (Å²) in [5.41, 5.74) is 0.241. The quantitative estimate of drug-likeness (QED) is 0.834. The maximum atomic E-state index is 10.8. The van der Waals surface area contributed by atoms with Crippen molar-refractivity contribution < 1.29 is 9.90 Å². The van der Waals surface area contributed by atoms with Gasteiger partial charge in [-0.3, -0.25) is 0 Å². The Morgan fingerprint density at radius 2 is 2.08 bits per heavy atom. The molecule has 70 valence electrons. The van der Waals surface area contributed by atoms with Crippen LogP contribution in [0.1, 0.15) is 10.5 Å². The zero-order valence-electron chi connectivity index (χ0n) is 8.03. The van der Waals surface area contributed by atoms with Crippen molar-refractivity contribution in [1.29, 1.82) is 0 Å². The average Bonchev–Trinajstić information content (AvgIpc) is 2.03. The van der Waals surface area contributed by atoms with Gasteiger partial charge in [0, 0.05) is 0 Å². The van der Waals surface area contributed by atoms with Gasteiger partial charge in [-0.2, -0.15) is 0 Å². The Morgan fingerprint density at radius 3 is 2.46 bits per heavy atom. The van der Waals surface area contributed by atoms with Crippen LogP contribution in [-0.2, 0) is 0 Å². The monoisotopic (exact) mass is 287 g/mol. The van der Waals surface area contributed by atoms with Gasteiger partial charge in [-0.25, -0.2) is 0 Å². The van der Waals surface area contributed by atoms with Crippen molar-refractivity contribution in [3.8, 4) is 0 Å². The first-order valence-electron chi connectivity index (χ1n) is 4.11. The number of pyridine rings is 1. The van der Waals surface area contributed by atoms with Gasteiger partial charge in [0.1, 0.15) is 0 Å². The molecule has 1 N–H and O–H groups in total. The Morgan fingerprint density at radius 1 is 1.46 bits per heavy atom. The molecule has 4 heteroatoms. The minimum absolute atomic E-state index is 0.241.